The van der Waals surface area contributed by atoms with Crippen LogP contribution in [0.2, 0.25) is 0 Å². The molecule has 0 unspecified atom stereocenters. The highest BCUT2D eigenvalue weighted by molar-refractivity contribution is 5.99. The highest BCUT2D eigenvalue weighted by atomic mass is 16.5. The number of rotatable bonds is 2. The van der Waals surface area contributed by atoms with E-state index in [-0.39, 0.29) is 11.3 Å². The third-order valence-corrected chi connectivity index (χ3v) is 6.24. The van der Waals surface area contributed by atoms with Crippen molar-refractivity contribution < 1.29 is 9.53 Å². The standard InChI is InChI=1S/C16H22N4O2.C4H9N/c21-14-16(4-9-22-10-5-16)3-8-20(14)13-11-17-15(18-12-13)19-6-1-2-7-19;1-2-4-5-3-1/h11-12H,1-10H2;5H,1-4H2. The van der Waals surface area contributed by atoms with Gasteiger partial charge in [-0.05, 0) is 58.0 Å². The number of amides is 1. The average molecular weight is 374 g/mol. The van der Waals surface area contributed by atoms with E-state index >= 15 is 0 Å². The Labute approximate surface area is 161 Å². The van der Waals surface area contributed by atoms with Crippen molar-refractivity contribution in [1.82, 2.24) is 15.3 Å². The van der Waals surface area contributed by atoms with Crippen LogP contribution in [0.4, 0.5) is 11.6 Å². The molecule has 0 aliphatic carbocycles. The van der Waals surface area contributed by atoms with E-state index in [0.717, 1.165) is 50.5 Å². The summed E-state index contributed by atoms with van der Waals surface area (Å²) in [4.78, 5) is 25.8. The van der Waals surface area contributed by atoms with Crippen molar-refractivity contribution >= 4 is 17.5 Å². The fraction of sp³-hybridized carbons (Fsp3) is 0.750. The van der Waals surface area contributed by atoms with Crippen LogP contribution in [-0.2, 0) is 9.53 Å². The molecule has 4 fully saturated rings. The third-order valence-electron chi connectivity index (χ3n) is 6.24. The molecular weight excluding hydrogens is 342 g/mol. The molecule has 5 heterocycles. The lowest BCUT2D eigenvalue weighted by atomic mass is 9.79. The summed E-state index contributed by atoms with van der Waals surface area (Å²) < 4.78 is 5.42. The largest absolute Gasteiger partial charge is 0.381 e. The molecule has 0 atom stereocenters. The number of hydrogen-bond acceptors (Lipinski definition) is 6. The van der Waals surface area contributed by atoms with Crippen LogP contribution in [0.1, 0.15) is 44.9 Å². The normalized spacial score (nSPS) is 24.4. The van der Waals surface area contributed by atoms with Crippen molar-refractivity contribution in [1.29, 1.82) is 0 Å². The summed E-state index contributed by atoms with van der Waals surface area (Å²) in [6.07, 6.45) is 11.4. The van der Waals surface area contributed by atoms with Gasteiger partial charge in [-0.15, -0.1) is 0 Å². The Bertz CT molecular complexity index is 612. The molecule has 0 aromatic carbocycles. The van der Waals surface area contributed by atoms with Crippen molar-refractivity contribution in [2.24, 2.45) is 5.41 Å². The van der Waals surface area contributed by atoms with Crippen molar-refractivity contribution in [2.45, 2.75) is 44.9 Å². The molecule has 7 nitrogen and oxygen atoms in total. The molecule has 1 aromatic heterocycles. The molecule has 1 N–H and O–H groups in total. The fourth-order valence-corrected chi connectivity index (χ4v) is 4.45. The van der Waals surface area contributed by atoms with Gasteiger partial charge in [0, 0.05) is 32.8 Å². The Morgan fingerprint density at radius 3 is 2.19 bits per heavy atom. The minimum absolute atomic E-state index is 0.203. The van der Waals surface area contributed by atoms with Gasteiger partial charge in [-0.1, -0.05) is 0 Å². The molecule has 0 saturated carbocycles. The summed E-state index contributed by atoms with van der Waals surface area (Å²) in [6.45, 7) is 6.73. The van der Waals surface area contributed by atoms with Gasteiger partial charge in [0.2, 0.25) is 11.9 Å². The highest BCUT2D eigenvalue weighted by Gasteiger charge is 2.47. The SMILES string of the molecule is C1CCNC1.O=C1N(c2cnc(N3CCCC3)nc2)CCC12CCOCC2. The summed E-state index contributed by atoms with van der Waals surface area (Å²) in [7, 11) is 0. The smallest absolute Gasteiger partial charge is 0.233 e. The van der Waals surface area contributed by atoms with Crippen LogP contribution >= 0.6 is 0 Å². The fourth-order valence-electron chi connectivity index (χ4n) is 4.45. The number of hydrogen-bond donors (Lipinski definition) is 1. The molecule has 4 aliphatic rings. The minimum atomic E-state index is -0.203. The topological polar surface area (TPSA) is 70.6 Å². The highest BCUT2D eigenvalue weighted by Crippen LogP contribution is 2.42. The van der Waals surface area contributed by atoms with Crippen molar-refractivity contribution in [3.63, 3.8) is 0 Å². The van der Waals surface area contributed by atoms with Crippen molar-refractivity contribution in [2.75, 3.05) is 55.7 Å². The van der Waals surface area contributed by atoms with Gasteiger partial charge in [0.1, 0.15) is 0 Å². The summed E-state index contributed by atoms with van der Waals surface area (Å²) in [5.41, 5.74) is 0.627. The van der Waals surface area contributed by atoms with Gasteiger partial charge in [0.25, 0.3) is 0 Å². The van der Waals surface area contributed by atoms with Gasteiger partial charge >= 0.3 is 0 Å². The molecule has 1 spiro atoms. The predicted molar refractivity (Wildman–Crippen MR) is 105 cm³/mol. The Morgan fingerprint density at radius 2 is 1.59 bits per heavy atom. The molecule has 1 amide bonds. The van der Waals surface area contributed by atoms with Gasteiger partial charge in [-0.2, -0.15) is 0 Å². The number of ether oxygens (including phenoxy) is 1. The van der Waals surface area contributed by atoms with E-state index in [1.165, 1.54) is 38.8 Å². The first kappa shape index (κ1) is 18.6. The zero-order chi connectivity index (χ0) is 18.5. The monoisotopic (exact) mass is 373 g/mol. The van der Waals surface area contributed by atoms with E-state index in [1.54, 1.807) is 12.4 Å². The van der Waals surface area contributed by atoms with Crippen LogP contribution in [0.3, 0.4) is 0 Å². The predicted octanol–water partition coefficient (Wildman–Crippen LogP) is 1.98. The second kappa shape index (κ2) is 8.52. The lowest BCUT2D eigenvalue weighted by Crippen LogP contribution is -2.38. The van der Waals surface area contributed by atoms with Crippen LogP contribution in [0, 0.1) is 5.41 Å². The van der Waals surface area contributed by atoms with Gasteiger partial charge in [0.15, 0.2) is 0 Å². The third kappa shape index (κ3) is 4.09. The number of nitrogens with one attached hydrogen (secondary N) is 1. The second-order valence-electron chi connectivity index (χ2n) is 7.99. The van der Waals surface area contributed by atoms with Gasteiger partial charge in [-0.3, -0.25) is 4.79 Å². The van der Waals surface area contributed by atoms with Crippen LogP contribution in [0.15, 0.2) is 12.4 Å². The summed E-state index contributed by atoms with van der Waals surface area (Å²) in [5, 5.41) is 3.22. The first-order valence-corrected chi connectivity index (χ1v) is 10.5. The summed E-state index contributed by atoms with van der Waals surface area (Å²) >= 11 is 0. The van der Waals surface area contributed by atoms with Crippen LogP contribution in [-0.4, -0.2) is 61.8 Å². The van der Waals surface area contributed by atoms with Crippen molar-refractivity contribution in [3.05, 3.63) is 12.4 Å². The number of nitrogens with zero attached hydrogens (tertiary/aromatic N) is 4. The van der Waals surface area contributed by atoms with E-state index in [2.05, 4.69) is 20.2 Å². The molecule has 4 saturated heterocycles. The first-order chi connectivity index (χ1) is 13.3. The van der Waals surface area contributed by atoms with Crippen molar-refractivity contribution in [3.8, 4) is 0 Å². The number of anilines is 2. The summed E-state index contributed by atoms with van der Waals surface area (Å²) in [6, 6.07) is 0. The van der Waals surface area contributed by atoms with Crippen LogP contribution < -0.4 is 15.1 Å². The maximum Gasteiger partial charge on any atom is 0.233 e. The zero-order valence-electron chi connectivity index (χ0n) is 16.2. The Morgan fingerprint density at radius 1 is 0.926 bits per heavy atom. The van der Waals surface area contributed by atoms with Crippen LogP contribution in [0.5, 0.6) is 0 Å². The maximum atomic E-state index is 12.8. The second-order valence-corrected chi connectivity index (χ2v) is 7.99. The van der Waals surface area contributed by atoms with E-state index in [9.17, 15) is 4.79 Å². The Kier molecular flexibility index (Phi) is 5.88. The quantitative estimate of drug-likeness (QED) is 0.855. The molecule has 5 rings (SSSR count). The molecule has 4 aliphatic heterocycles. The maximum absolute atomic E-state index is 12.8. The lowest BCUT2D eigenvalue weighted by Gasteiger charge is -2.31. The van der Waals surface area contributed by atoms with Gasteiger partial charge < -0.3 is 19.9 Å². The lowest BCUT2D eigenvalue weighted by molar-refractivity contribution is -0.130. The molecule has 148 valence electrons. The van der Waals surface area contributed by atoms with Crippen LogP contribution in [0.25, 0.3) is 0 Å². The zero-order valence-corrected chi connectivity index (χ0v) is 16.2. The molecule has 27 heavy (non-hydrogen) atoms. The van der Waals surface area contributed by atoms with E-state index in [1.807, 2.05) is 4.90 Å². The number of aromatic nitrogens is 2. The number of carbonyl (C=O) groups is 1. The Hall–Kier alpha value is -1.73. The molecular formula is C20H31N5O2. The molecule has 0 bridgehead atoms. The van der Waals surface area contributed by atoms with E-state index < -0.39 is 0 Å². The molecule has 0 radical (unpaired) electrons. The van der Waals surface area contributed by atoms with E-state index in [4.69, 9.17) is 4.74 Å². The first-order valence-electron chi connectivity index (χ1n) is 10.5. The molecule has 7 heteroatoms. The minimum Gasteiger partial charge on any atom is -0.381 e. The molecule has 1 aromatic rings. The number of carbonyl (C=O) groups excluding carboxylic acids is 1. The Balaban J connectivity index is 0.000000314. The van der Waals surface area contributed by atoms with Gasteiger partial charge in [0.05, 0.1) is 23.5 Å². The van der Waals surface area contributed by atoms with Gasteiger partial charge in [-0.25, -0.2) is 9.97 Å². The average Bonchev–Trinajstić information content (AvgIpc) is 3.49. The summed E-state index contributed by atoms with van der Waals surface area (Å²) in [5.74, 6) is 1.02. The van der Waals surface area contributed by atoms with E-state index in [0.29, 0.717) is 13.2 Å².